The van der Waals surface area contributed by atoms with E-state index in [9.17, 15) is 0 Å². The van der Waals surface area contributed by atoms with E-state index in [0.29, 0.717) is 0 Å². The Hall–Kier alpha value is 0.350. The van der Waals surface area contributed by atoms with Gasteiger partial charge in [-0.1, -0.05) is 0 Å². The van der Waals surface area contributed by atoms with Crippen molar-refractivity contribution in [1.82, 2.24) is 0 Å². The highest BCUT2D eigenvalue weighted by Crippen LogP contribution is 2.45. The van der Waals surface area contributed by atoms with Crippen molar-refractivity contribution in [2.24, 2.45) is 5.92 Å². The number of hydrogen-bond donors (Lipinski definition) is 0. The molecule has 0 aromatic rings. The Morgan fingerprint density at radius 1 is 1.11 bits per heavy atom. The van der Waals surface area contributed by atoms with Crippen molar-refractivity contribution in [3.05, 3.63) is 5.92 Å². The number of hydrogen-bond acceptors (Lipinski definition) is 1. The standard InChI is InChI=1S/C8H13S/c1-2-7(1)8-3-5-9-6-4-8/h8H,1-6H2. The molecule has 1 saturated heterocycles. The Balaban J connectivity index is 1.80. The molecule has 1 aliphatic carbocycles. The lowest BCUT2D eigenvalue weighted by Gasteiger charge is -2.19. The lowest BCUT2D eigenvalue weighted by molar-refractivity contribution is 0.547. The fraction of sp³-hybridized carbons (Fsp3) is 0.875. The maximum Gasteiger partial charge on any atom is -0.00647 e. The lowest BCUT2D eigenvalue weighted by Crippen LogP contribution is -2.09. The molecule has 0 nitrogen and oxygen atoms in total. The molecular formula is C8H13S. The van der Waals surface area contributed by atoms with Crippen LogP contribution in [-0.2, 0) is 0 Å². The zero-order valence-corrected chi connectivity index (χ0v) is 6.54. The summed E-state index contributed by atoms with van der Waals surface area (Å²) in [5, 5.41) is 0. The van der Waals surface area contributed by atoms with E-state index in [0.717, 1.165) is 5.92 Å². The van der Waals surface area contributed by atoms with Crippen LogP contribution in [0.4, 0.5) is 0 Å². The maximum atomic E-state index is 2.13. The van der Waals surface area contributed by atoms with E-state index in [-0.39, 0.29) is 0 Å². The van der Waals surface area contributed by atoms with Gasteiger partial charge in [-0.05, 0) is 49.0 Å². The molecule has 9 heavy (non-hydrogen) atoms. The summed E-state index contributed by atoms with van der Waals surface area (Å²) in [6.45, 7) is 0. The van der Waals surface area contributed by atoms with Crippen molar-refractivity contribution in [2.45, 2.75) is 25.7 Å². The molecule has 0 unspecified atom stereocenters. The first-order valence-corrected chi connectivity index (χ1v) is 5.04. The maximum absolute atomic E-state index is 2.13. The third-order valence-electron chi connectivity index (χ3n) is 2.34. The summed E-state index contributed by atoms with van der Waals surface area (Å²) in [4.78, 5) is 0. The third-order valence-corrected chi connectivity index (χ3v) is 3.39. The molecule has 1 heteroatoms. The van der Waals surface area contributed by atoms with E-state index in [2.05, 4.69) is 11.8 Å². The fourth-order valence-electron chi connectivity index (χ4n) is 1.59. The first-order valence-electron chi connectivity index (χ1n) is 3.89. The molecule has 0 atom stereocenters. The predicted octanol–water partition coefficient (Wildman–Crippen LogP) is 2.50. The normalized spacial score (nSPS) is 30.7. The van der Waals surface area contributed by atoms with Crippen LogP contribution in [0.1, 0.15) is 25.7 Å². The largest absolute Gasteiger partial charge is 0.162 e. The Kier molecular flexibility index (Phi) is 1.71. The van der Waals surface area contributed by atoms with Crippen molar-refractivity contribution in [3.63, 3.8) is 0 Å². The van der Waals surface area contributed by atoms with Gasteiger partial charge >= 0.3 is 0 Å². The molecule has 0 N–H and O–H groups in total. The van der Waals surface area contributed by atoms with Gasteiger partial charge in [-0.2, -0.15) is 11.8 Å². The number of rotatable bonds is 1. The summed E-state index contributed by atoms with van der Waals surface area (Å²) < 4.78 is 0. The molecule has 0 aromatic carbocycles. The zero-order chi connectivity index (χ0) is 6.10. The highest BCUT2D eigenvalue weighted by atomic mass is 32.2. The van der Waals surface area contributed by atoms with Gasteiger partial charge in [0.1, 0.15) is 0 Å². The summed E-state index contributed by atoms with van der Waals surface area (Å²) in [7, 11) is 0. The average molecular weight is 141 g/mol. The molecule has 1 saturated carbocycles. The molecule has 2 fully saturated rings. The van der Waals surface area contributed by atoms with Crippen LogP contribution in [0, 0.1) is 11.8 Å². The number of thioether (sulfide) groups is 1. The Morgan fingerprint density at radius 3 is 2.33 bits per heavy atom. The van der Waals surface area contributed by atoms with Crippen molar-refractivity contribution in [2.75, 3.05) is 11.5 Å². The molecule has 2 aliphatic rings. The summed E-state index contributed by atoms with van der Waals surface area (Å²) in [6.07, 6.45) is 5.91. The van der Waals surface area contributed by atoms with Gasteiger partial charge in [0.2, 0.25) is 0 Å². The molecule has 1 heterocycles. The van der Waals surface area contributed by atoms with Gasteiger partial charge in [0.15, 0.2) is 0 Å². The topological polar surface area (TPSA) is 0 Å². The van der Waals surface area contributed by atoms with E-state index >= 15 is 0 Å². The average Bonchev–Trinajstić information content (AvgIpc) is 2.71. The van der Waals surface area contributed by atoms with Crippen LogP contribution < -0.4 is 0 Å². The molecule has 0 spiro atoms. The summed E-state index contributed by atoms with van der Waals surface area (Å²) >= 11 is 2.13. The zero-order valence-electron chi connectivity index (χ0n) is 5.73. The first kappa shape index (κ1) is 6.09. The van der Waals surface area contributed by atoms with Crippen molar-refractivity contribution in [3.8, 4) is 0 Å². The summed E-state index contributed by atoms with van der Waals surface area (Å²) in [6, 6.07) is 0. The molecule has 0 amide bonds. The van der Waals surface area contributed by atoms with Gasteiger partial charge in [0.05, 0.1) is 0 Å². The van der Waals surface area contributed by atoms with E-state index in [1.54, 1.807) is 0 Å². The van der Waals surface area contributed by atoms with Crippen LogP contribution in [0.15, 0.2) is 0 Å². The smallest absolute Gasteiger partial charge is 0.00647 e. The predicted molar refractivity (Wildman–Crippen MR) is 42.5 cm³/mol. The second-order valence-corrected chi connectivity index (χ2v) is 4.27. The van der Waals surface area contributed by atoms with Crippen LogP contribution in [-0.4, -0.2) is 11.5 Å². The van der Waals surface area contributed by atoms with Crippen LogP contribution in [0.25, 0.3) is 0 Å². The third kappa shape index (κ3) is 1.43. The SMILES string of the molecule is C1CC([C]2CC2)CCS1. The van der Waals surface area contributed by atoms with Gasteiger partial charge < -0.3 is 0 Å². The Bertz CT molecular complexity index is 90.7. The van der Waals surface area contributed by atoms with E-state index < -0.39 is 0 Å². The van der Waals surface area contributed by atoms with Crippen LogP contribution in [0.5, 0.6) is 0 Å². The molecule has 0 aromatic heterocycles. The summed E-state index contributed by atoms with van der Waals surface area (Å²) in [5.74, 6) is 5.80. The molecule has 51 valence electrons. The van der Waals surface area contributed by atoms with E-state index in [1.807, 2.05) is 5.92 Å². The van der Waals surface area contributed by atoms with Crippen molar-refractivity contribution in [1.29, 1.82) is 0 Å². The van der Waals surface area contributed by atoms with Crippen LogP contribution in [0.2, 0.25) is 0 Å². The quantitative estimate of drug-likeness (QED) is 0.540. The summed E-state index contributed by atoms with van der Waals surface area (Å²) in [5.41, 5.74) is 0. The van der Waals surface area contributed by atoms with Gasteiger partial charge in [-0.25, -0.2) is 0 Å². The Morgan fingerprint density at radius 2 is 1.78 bits per heavy atom. The van der Waals surface area contributed by atoms with Gasteiger partial charge in [-0.3, -0.25) is 0 Å². The first-order chi connectivity index (χ1) is 4.47. The van der Waals surface area contributed by atoms with Crippen LogP contribution >= 0.6 is 11.8 Å². The van der Waals surface area contributed by atoms with E-state index in [1.165, 1.54) is 37.2 Å². The highest BCUT2D eigenvalue weighted by molar-refractivity contribution is 7.99. The highest BCUT2D eigenvalue weighted by Gasteiger charge is 2.32. The molecule has 1 aliphatic heterocycles. The minimum absolute atomic E-state index is 1.06. The Labute approximate surface area is 61.4 Å². The van der Waals surface area contributed by atoms with Crippen molar-refractivity contribution >= 4 is 11.8 Å². The molecule has 0 bridgehead atoms. The second-order valence-electron chi connectivity index (χ2n) is 3.04. The molecular weight excluding hydrogens is 128 g/mol. The van der Waals surface area contributed by atoms with Gasteiger partial charge in [0, 0.05) is 0 Å². The van der Waals surface area contributed by atoms with Gasteiger partial charge in [-0.15, -0.1) is 0 Å². The minimum atomic E-state index is 1.06. The lowest BCUT2D eigenvalue weighted by atomic mass is 9.97. The molecule has 2 rings (SSSR count). The second kappa shape index (κ2) is 2.53. The van der Waals surface area contributed by atoms with Gasteiger partial charge in [0.25, 0.3) is 0 Å². The van der Waals surface area contributed by atoms with Crippen LogP contribution in [0.3, 0.4) is 0 Å². The molecule has 1 radical (unpaired) electrons. The van der Waals surface area contributed by atoms with E-state index in [4.69, 9.17) is 0 Å². The minimum Gasteiger partial charge on any atom is -0.162 e. The van der Waals surface area contributed by atoms with Crippen molar-refractivity contribution < 1.29 is 0 Å². The fourth-order valence-corrected chi connectivity index (χ4v) is 2.69. The monoisotopic (exact) mass is 141 g/mol.